The molecular weight excluding hydrogens is 268 g/mol. The summed E-state index contributed by atoms with van der Waals surface area (Å²) in [4.78, 5) is 27.0. The Morgan fingerprint density at radius 3 is 2.68 bits per heavy atom. The normalized spacial score (nSPS) is 19.6. The standard InChI is InChI=1S/C13H13ClN2O3/c14-11-5-3-9(4-6-11)12-10(8-17)2-1-7-16(12)19-13(15)18/h2-6,8,12H,1,7H2,(H2,15,18). The van der Waals surface area contributed by atoms with Gasteiger partial charge in [0.25, 0.3) is 0 Å². The van der Waals surface area contributed by atoms with Gasteiger partial charge in [0.2, 0.25) is 0 Å². The van der Waals surface area contributed by atoms with Crippen molar-refractivity contribution in [1.29, 1.82) is 0 Å². The first-order chi connectivity index (χ1) is 9.11. The van der Waals surface area contributed by atoms with Crippen LogP contribution < -0.4 is 5.73 Å². The Kier molecular flexibility index (Phi) is 4.19. The van der Waals surface area contributed by atoms with E-state index in [2.05, 4.69) is 0 Å². The molecule has 6 heteroatoms. The number of halogens is 1. The molecule has 0 aromatic heterocycles. The van der Waals surface area contributed by atoms with Gasteiger partial charge in [-0.1, -0.05) is 29.8 Å². The fourth-order valence-electron chi connectivity index (χ4n) is 2.10. The van der Waals surface area contributed by atoms with E-state index in [1.807, 2.05) is 6.08 Å². The predicted molar refractivity (Wildman–Crippen MR) is 70.3 cm³/mol. The Bertz CT molecular complexity index is 513. The molecule has 19 heavy (non-hydrogen) atoms. The number of carbonyl (C=O) groups is 2. The molecule has 1 amide bonds. The molecule has 5 nitrogen and oxygen atoms in total. The molecule has 0 saturated carbocycles. The summed E-state index contributed by atoms with van der Waals surface area (Å²) in [6.45, 7) is 0.480. The first-order valence-corrected chi connectivity index (χ1v) is 6.14. The van der Waals surface area contributed by atoms with Gasteiger partial charge < -0.3 is 10.6 Å². The predicted octanol–water partition coefficient (Wildman–Crippen LogP) is 2.22. The number of primary amides is 1. The second kappa shape index (κ2) is 5.86. The smallest absolute Gasteiger partial charge is 0.350 e. The Morgan fingerprint density at radius 1 is 1.42 bits per heavy atom. The number of rotatable bonds is 3. The van der Waals surface area contributed by atoms with Crippen LogP contribution >= 0.6 is 11.6 Å². The molecule has 2 rings (SSSR count). The van der Waals surface area contributed by atoms with Gasteiger partial charge in [0.05, 0.1) is 6.04 Å². The van der Waals surface area contributed by atoms with Gasteiger partial charge in [-0.25, -0.2) is 4.79 Å². The zero-order valence-electron chi connectivity index (χ0n) is 10.1. The summed E-state index contributed by atoms with van der Waals surface area (Å²) in [6, 6.07) is 6.56. The minimum Gasteiger partial charge on any atom is -0.350 e. The molecule has 100 valence electrons. The van der Waals surface area contributed by atoms with Crippen LogP contribution in [0.4, 0.5) is 4.79 Å². The summed E-state index contributed by atoms with van der Waals surface area (Å²) in [6.07, 6.45) is 2.31. The molecule has 1 unspecified atom stereocenters. The number of nitrogens with zero attached hydrogens (tertiary/aromatic N) is 1. The molecule has 1 heterocycles. The number of carbonyl (C=O) groups excluding carboxylic acids is 2. The summed E-state index contributed by atoms with van der Waals surface area (Å²) in [5, 5.41) is 2.01. The topological polar surface area (TPSA) is 72.6 Å². The summed E-state index contributed by atoms with van der Waals surface area (Å²) in [5.41, 5.74) is 6.39. The van der Waals surface area contributed by atoms with E-state index in [-0.39, 0.29) is 0 Å². The summed E-state index contributed by atoms with van der Waals surface area (Å²) < 4.78 is 0. The van der Waals surface area contributed by atoms with Crippen LogP contribution in [-0.4, -0.2) is 24.0 Å². The van der Waals surface area contributed by atoms with Crippen molar-refractivity contribution in [3.63, 3.8) is 0 Å². The number of hydrogen-bond donors (Lipinski definition) is 1. The summed E-state index contributed by atoms with van der Waals surface area (Å²) in [5.74, 6) is 0. The third-order valence-electron chi connectivity index (χ3n) is 2.86. The van der Waals surface area contributed by atoms with Gasteiger partial charge in [-0.3, -0.25) is 4.79 Å². The SMILES string of the molecule is NC(=O)ON1CCC=C(C=O)C1c1ccc(Cl)cc1. The Morgan fingerprint density at radius 2 is 2.11 bits per heavy atom. The van der Waals surface area contributed by atoms with E-state index in [0.29, 0.717) is 23.6 Å². The van der Waals surface area contributed by atoms with Crippen molar-refractivity contribution in [2.24, 2.45) is 5.73 Å². The van der Waals surface area contributed by atoms with Crippen molar-refractivity contribution >= 4 is 24.0 Å². The van der Waals surface area contributed by atoms with E-state index in [1.54, 1.807) is 24.3 Å². The van der Waals surface area contributed by atoms with Crippen molar-refractivity contribution in [3.05, 3.63) is 46.5 Å². The summed E-state index contributed by atoms with van der Waals surface area (Å²) in [7, 11) is 0. The van der Waals surface area contributed by atoms with E-state index in [9.17, 15) is 9.59 Å². The molecule has 0 fully saturated rings. The molecule has 2 N–H and O–H groups in total. The van der Waals surface area contributed by atoms with Crippen LogP contribution in [0.25, 0.3) is 0 Å². The van der Waals surface area contributed by atoms with Gasteiger partial charge in [0.15, 0.2) is 0 Å². The number of hydroxylamine groups is 2. The maximum atomic E-state index is 11.1. The van der Waals surface area contributed by atoms with Crippen LogP contribution in [0.5, 0.6) is 0 Å². The molecular formula is C13H13ClN2O3. The summed E-state index contributed by atoms with van der Waals surface area (Å²) >= 11 is 5.84. The average molecular weight is 281 g/mol. The highest BCUT2D eigenvalue weighted by Crippen LogP contribution is 2.32. The zero-order chi connectivity index (χ0) is 13.8. The maximum absolute atomic E-state index is 11.1. The van der Waals surface area contributed by atoms with Gasteiger partial charge >= 0.3 is 6.09 Å². The van der Waals surface area contributed by atoms with E-state index in [0.717, 1.165) is 11.8 Å². The fraction of sp³-hybridized carbons (Fsp3) is 0.231. The third kappa shape index (κ3) is 3.13. The van der Waals surface area contributed by atoms with Crippen LogP contribution in [0.1, 0.15) is 18.0 Å². The number of hydrogen-bond acceptors (Lipinski definition) is 4. The quantitative estimate of drug-likeness (QED) is 0.862. The van der Waals surface area contributed by atoms with Gasteiger partial charge in [0.1, 0.15) is 6.29 Å². The highest BCUT2D eigenvalue weighted by molar-refractivity contribution is 6.30. The molecule has 1 aromatic carbocycles. The van der Waals surface area contributed by atoms with Crippen LogP contribution in [0, 0.1) is 0 Å². The lowest BCUT2D eigenvalue weighted by Crippen LogP contribution is -2.37. The van der Waals surface area contributed by atoms with Crippen molar-refractivity contribution in [1.82, 2.24) is 5.06 Å². The average Bonchev–Trinajstić information content (AvgIpc) is 2.39. The van der Waals surface area contributed by atoms with E-state index in [4.69, 9.17) is 22.2 Å². The molecule has 0 bridgehead atoms. The zero-order valence-corrected chi connectivity index (χ0v) is 10.8. The van der Waals surface area contributed by atoms with E-state index >= 15 is 0 Å². The lowest BCUT2D eigenvalue weighted by molar-refractivity contribution is -0.128. The van der Waals surface area contributed by atoms with Crippen molar-refractivity contribution in [2.45, 2.75) is 12.5 Å². The van der Waals surface area contributed by atoms with Crippen LogP contribution in [0.2, 0.25) is 5.02 Å². The number of benzene rings is 1. The first kappa shape index (κ1) is 13.6. The molecule has 1 aromatic rings. The van der Waals surface area contributed by atoms with Gasteiger partial charge in [-0.05, 0) is 24.1 Å². The van der Waals surface area contributed by atoms with Gasteiger partial charge in [0, 0.05) is 17.1 Å². The van der Waals surface area contributed by atoms with Crippen molar-refractivity contribution < 1.29 is 14.4 Å². The molecule has 0 spiro atoms. The third-order valence-corrected chi connectivity index (χ3v) is 3.11. The fourth-order valence-corrected chi connectivity index (χ4v) is 2.22. The van der Waals surface area contributed by atoms with Crippen molar-refractivity contribution in [3.8, 4) is 0 Å². The monoisotopic (exact) mass is 280 g/mol. The molecule has 0 radical (unpaired) electrons. The van der Waals surface area contributed by atoms with E-state index < -0.39 is 12.1 Å². The van der Waals surface area contributed by atoms with Gasteiger partial charge in [-0.2, -0.15) is 0 Å². The number of nitrogens with two attached hydrogens (primary N) is 1. The first-order valence-electron chi connectivity index (χ1n) is 5.76. The Labute approximate surface area is 115 Å². The largest absolute Gasteiger partial charge is 0.423 e. The number of aldehydes is 1. The van der Waals surface area contributed by atoms with Crippen LogP contribution in [0.15, 0.2) is 35.9 Å². The Hall–Kier alpha value is -1.85. The minimum absolute atomic E-state index is 0.448. The highest BCUT2D eigenvalue weighted by atomic mass is 35.5. The maximum Gasteiger partial charge on any atom is 0.423 e. The van der Waals surface area contributed by atoms with Crippen LogP contribution in [0.3, 0.4) is 0 Å². The molecule has 0 aliphatic carbocycles. The van der Waals surface area contributed by atoms with Crippen LogP contribution in [-0.2, 0) is 9.63 Å². The molecule has 1 aliphatic rings. The van der Waals surface area contributed by atoms with Crippen molar-refractivity contribution in [2.75, 3.05) is 6.54 Å². The lowest BCUT2D eigenvalue weighted by atomic mass is 9.95. The lowest BCUT2D eigenvalue weighted by Gasteiger charge is -2.32. The molecule has 1 atom stereocenters. The second-order valence-electron chi connectivity index (χ2n) is 4.12. The minimum atomic E-state index is -0.897. The molecule has 1 aliphatic heterocycles. The Balaban J connectivity index is 2.35. The van der Waals surface area contributed by atoms with Gasteiger partial charge in [-0.15, -0.1) is 5.06 Å². The number of amides is 1. The second-order valence-corrected chi connectivity index (χ2v) is 4.55. The highest BCUT2D eigenvalue weighted by Gasteiger charge is 2.29. The van der Waals surface area contributed by atoms with E-state index in [1.165, 1.54) is 5.06 Å². The molecule has 0 saturated heterocycles.